The van der Waals surface area contributed by atoms with Crippen molar-refractivity contribution in [3.8, 4) is 0 Å². The second kappa shape index (κ2) is 5.98. The van der Waals surface area contributed by atoms with Crippen molar-refractivity contribution in [3.05, 3.63) is 23.4 Å². The first-order valence-corrected chi connectivity index (χ1v) is 6.25. The van der Waals surface area contributed by atoms with Gasteiger partial charge in [-0.2, -0.15) is 0 Å². The number of halogens is 1. The van der Waals surface area contributed by atoms with Crippen LogP contribution in [-0.4, -0.2) is 35.4 Å². The summed E-state index contributed by atoms with van der Waals surface area (Å²) in [6.07, 6.45) is 5.17. The molecule has 1 fully saturated rings. The molecule has 0 radical (unpaired) electrons. The summed E-state index contributed by atoms with van der Waals surface area (Å²) in [6, 6.07) is 3.42. The lowest BCUT2D eigenvalue weighted by atomic mass is 10.1. The Balaban J connectivity index is 1.82. The molecule has 0 spiro atoms. The number of carbonyl (C=O) groups is 1. The molecule has 17 heavy (non-hydrogen) atoms. The molecule has 1 saturated heterocycles. The van der Waals surface area contributed by atoms with E-state index < -0.39 is 0 Å². The number of hydrogen-bond acceptors (Lipinski definition) is 3. The molecule has 2 heterocycles. The number of carbonyl (C=O) groups excluding carboxylic acids is 1. The fourth-order valence-electron chi connectivity index (χ4n) is 1.95. The van der Waals surface area contributed by atoms with E-state index in [4.69, 9.17) is 11.6 Å². The first-order valence-electron chi connectivity index (χ1n) is 5.88. The molecule has 0 unspecified atom stereocenters. The van der Waals surface area contributed by atoms with E-state index in [1.54, 1.807) is 12.1 Å². The summed E-state index contributed by atoms with van der Waals surface area (Å²) in [5.41, 5.74) is 0. The second-order valence-corrected chi connectivity index (χ2v) is 4.68. The third-order valence-corrected chi connectivity index (χ3v) is 3.03. The number of piperidine rings is 1. The molecule has 0 saturated carbocycles. The van der Waals surface area contributed by atoms with Crippen molar-refractivity contribution in [1.82, 2.24) is 9.88 Å². The van der Waals surface area contributed by atoms with Gasteiger partial charge in [0.2, 0.25) is 5.91 Å². The fourth-order valence-corrected chi connectivity index (χ4v) is 2.06. The van der Waals surface area contributed by atoms with Crippen LogP contribution in [0.4, 0.5) is 5.82 Å². The van der Waals surface area contributed by atoms with Crippen LogP contribution in [0.2, 0.25) is 5.02 Å². The predicted molar refractivity (Wildman–Crippen MR) is 68.2 cm³/mol. The number of hydrogen-bond donors (Lipinski definition) is 1. The van der Waals surface area contributed by atoms with Crippen molar-refractivity contribution < 1.29 is 4.79 Å². The molecule has 1 aromatic heterocycles. The normalized spacial score (nSPS) is 16.8. The van der Waals surface area contributed by atoms with Crippen LogP contribution in [0.1, 0.15) is 19.3 Å². The lowest BCUT2D eigenvalue weighted by Gasteiger charge is -2.25. The standard InChI is InChI=1S/C12H16ClN3O/c13-10-4-5-11(14-8-10)15-12(17)9-16-6-2-1-3-7-16/h4-5,8H,1-3,6-7,9H2,(H,14,15,17). The maximum Gasteiger partial charge on any atom is 0.239 e. The van der Waals surface area contributed by atoms with Crippen molar-refractivity contribution in [2.45, 2.75) is 19.3 Å². The zero-order chi connectivity index (χ0) is 12.1. The summed E-state index contributed by atoms with van der Waals surface area (Å²) in [6.45, 7) is 2.48. The second-order valence-electron chi connectivity index (χ2n) is 4.25. The quantitative estimate of drug-likeness (QED) is 0.898. The van der Waals surface area contributed by atoms with Crippen LogP contribution < -0.4 is 5.32 Å². The fraction of sp³-hybridized carbons (Fsp3) is 0.500. The SMILES string of the molecule is O=C(CN1CCCCC1)Nc1ccc(Cl)cn1. The van der Waals surface area contributed by atoms with Crippen LogP contribution in [0.25, 0.3) is 0 Å². The van der Waals surface area contributed by atoms with Crippen molar-refractivity contribution in [2.75, 3.05) is 25.0 Å². The molecule has 0 bridgehead atoms. The maximum absolute atomic E-state index is 11.7. The molecule has 0 atom stereocenters. The third-order valence-electron chi connectivity index (χ3n) is 2.81. The molecule has 1 aliphatic rings. The number of nitrogens with zero attached hydrogens (tertiary/aromatic N) is 2. The Morgan fingerprint density at radius 2 is 2.12 bits per heavy atom. The van der Waals surface area contributed by atoms with Crippen LogP contribution in [0.5, 0.6) is 0 Å². The van der Waals surface area contributed by atoms with Gasteiger partial charge in [-0.15, -0.1) is 0 Å². The number of aromatic nitrogens is 1. The molecular weight excluding hydrogens is 238 g/mol. The van der Waals surface area contributed by atoms with Crippen LogP contribution in [0.15, 0.2) is 18.3 Å². The van der Waals surface area contributed by atoms with Gasteiger partial charge >= 0.3 is 0 Å². The highest BCUT2D eigenvalue weighted by molar-refractivity contribution is 6.30. The molecule has 0 aliphatic carbocycles. The summed E-state index contributed by atoms with van der Waals surface area (Å²) in [4.78, 5) is 17.9. The van der Waals surface area contributed by atoms with Crippen LogP contribution in [0.3, 0.4) is 0 Å². The average Bonchev–Trinajstić information content (AvgIpc) is 2.33. The Morgan fingerprint density at radius 3 is 2.76 bits per heavy atom. The van der Waals surface area contributed by atoms with Crippen molar-refractivity contribution >= 4 is 23.3 Å². The molecule has 4 nitrogen and oxygen atoms in total. The van der Waals surface area contributed by atoms with Gasteiger partial charge < -0.3 is 5.32 Å². The van der Waals surface area contributed by atoms with E-state index in [9.17, 15) is 4.79 Å². The molecule has 1 amide bonds. The molecule has 5 heteroatoms. The maximum atomic E-state index is 11.7. The van der Waals surface area contributed by atoms with Gasteiger partial charge in [-0.3, -0.25) is 9.69 Å². The third kappa shape index (κ3) is 3.98. The van der Waals surface area contributed by atoms with E-state index in [0.717, 1.165) is 13.1 Å². The van der Waals surface area contributed by atoms with E-state index in [1.165, 1.54) is 25.5 Å². The zero-order valence-corrected chi connectivity index (χ0v) is 10.4. The highest BCUT2D eigenvalue weighted by Crippen LogP contribution is 2.11. The van der Waals surface area contributed by atoms with Crippen molar-refractivity contribution in [2.24, 2.45) is 0 Å². The van der Waals surface area contributed by atoms with Crippen LogP contribution in [-0.2, 0) is 4.79 Å². The van der Waals surface area contributed by atoms with Gasteiger partial charge in [-0.25, -0.2) is 4.98 Å². The van der Waals surface area contributed by atoms with E-state index >= 15 is 0 Å². The summed E-state index contributed by atoms with van der Waals surface area (Å²) >= 11 is 5.72. The summed E-state index contributed by atoms with van der Waals surface area (Å²) in [5.74, 6) is 0.540. The van der Waals surface area contributed by atoms with Crippen molar-refractivity contribution in [3.63, 3.8) is 0 Å². The highest BCUT2D eigenvalue weighted by atomic mass is 35.5. The Bertz CT molecular complexity index is 374. The zero-order valence-electron chi connectivity index (χ0n) is 9.66. The van der Waals surface area contributed by atoms with E-state index in [0.29, 0.717) is 17.4 Å². The topological polar surface area (TPSA) is 45.2 Å². The lowest BCUT2D eigenvalue weighted by molar-refractivity contribution is -0.117. The largest absolute Gasteiger partial charge is 0.310 e. The molecule has 2 rings (SSSR count). The molecular formula is C12H16ClN3O. The summed E-state index contributed by atoms with van der Waals surface area (Å²) in [7, 11) is 0. The first kappa shape index (κ1) is 12.3. The van der Waals surface area contributed by atoms with Gasteiger partial charge in [0, 0.05) is 6.20 Å². The van der Waals surface area contributed by atoms with Gasteiger partial charge in [-0.05, 0) is 38.1 Å². The van der Waals surface area contributed by atoms with Crippen LogP contribution >= 0.6 is 11.6 Å². The number of anilines is 1. The van der Waals surface area contributed by atoms with Gasteiger partial charge in [0.1, 0.15) is 5.82 Å². The number of rotatable bonds is 3. The van der Waals surface area contributed by atoms with Gasteiger partial charge in [0.25, 0.3) is 0 Å². The lowest BCUT2D eigenvalue weighted by Crippen LogP contribution is -2.36. The summed E-state index contributed by atoms with van der Waals surface area (Å²) in [5, 5.41) is 3.33. The molecule has 1 aromatic rings. The van der Waals surface area contributed by atoms with Crippen molar-refractivity contribution in [1.29, 1.82) is 0 Å². The smallest absolute Gasteiger partial charge is 0.239 e. The van der Waals surface area contributed by atoms with E-state index in [-0.39, 0.29) is 5.91 Å². The minimum Gasteiger partial charge on any atom is -0.310 e. The Labute approximate surface area is 106 Å². The Kier molecular flexibility index (Phi) is 4.34. The summed E-state index contributed by atoms with van der Waals surface area (Å²) < 4.78 is 0. The monoisotopic (exact) mass is 253 g/mol. The Hall–Kier alpha value is -1.13. The molecule has 1 N–H and O–H groups in total. The van der Waals surface area contributed by atoms with E-state index in [1.807, 2.05) is 0 Å². The first-order chi connectivity index (χ1) is 8.24. The highest BCUT2D eigenvalue weighted by Gasteiger charge is 2.13. The number of pyridine rings is 1. The minimum absolute atomic E-state index is 0.0123. The number of nitrogens with one attached hydrogen (secondary N) is 1. The molecule has 92 valence electrons. The van der Waals surface area contributed by atoms with E-state index in [2.05, 4.69) is 15.2 Å². The molecule has 1 aliphatic heterocycles. The van der Waals surface area contributed by atoms with Crippen LogP contribution in [0, 0.1) is 0 Å². The average molecular weight is 254 g/mol. The predicted octanol–water partition coefficient (Wildman–Crippen LogP) is 2.16. The number of likely N-dealkylation sites (tertiary alicyclic amines) is 1. The number of amides is 1. The van der Waals surface area contributed by atoms with Gasteiger partial charge in [-0.1, -0.05) is 18.0 Å². The molecule has 0 aromatic carbocycles. The Morgan fingerprint density at radius 1 is 1.35 bits per heavy atom. The van der Waals surface area contributed by atoms with Gasteiger partial charge in [0.15, 0.2) is 0 Å². The minimum atomic E-state index is -0.0123. The van der Waals surface area contributed by atoms with Gasteiger partial charge in [0.05, 0.1) is 11.6 Å².